The Kier molecular flexibility index (Phi) is 6.13. The van der Waals surface area contributed by atoms with Crippen molar-refractivity contribution in [1.82, 2.24) is 0 Å². The van der Waals surface area contributed by atoms with Crippen molar-refractivity contribution in [3.05, 3.63) is 47.0 Å². The van der Waals surface area contributed by atoms with Crippen LogP contribution in [0, 0.1) is 0 Å². The topological polar surface area (TPSA) is 65.1 Å². The second-order valence-corrected chi connectivity index (χ2v) is 7.18. The van der Waals surface area contributed by atoms with E-state index in [4.69, 9.17) is 25.8 Å². The minimum absolute atomic E-state index is 0.181. The summed E-state index contributed by atoms with van der Waals surface area (Å²) < 4.78 is 15.5. The van der Waals surface area contributed by atoms with Crippen LogP contribution in [0.1, 0.15) is 10.4 Å². The molecule has 3 rings (SSSR count). The molecule has 2 aromatic rings. The van der Waals surface area contributed by atoms with Crippen molar-refractivity contribution in [2.45, 2.75) is 4.90 Å². The number of para-hydroxylation sites is 1. The number of fused-ring (bicyclic) bond motifs is 1. The number of amides is 1. The van der Waals surface area contributed by atoms with Crippen molar-refractivity contribution in [1.29, 1.82) is 0 Å². The molecule has 142 valence electrons. The summed E-state index contributed by atoms with van der Waals surface area (Å²) in [6.45, 7) is 0.212. The lowest BCUT2D eigenvalue weighted by Crippen LogP contribution is -2.38. The van der Waals surface area contributed by atoms with E-state index in [9.17, 15) is 9.59 Å². The zero-order valence-corrected chi connectivity index (χ0v) is 16.4. The van der Waals surface area contributed by atoms with Crippen molar-refractivity contribution >= 4 is 40.9 Å². The number of hydrogen-bond donors (Lipinski definition) is 0. The molecule has 0 N–H and O–H groups in total. The van der Waals surface area contributed by atoms with Gasteiger partial charge in [0.15, 0.2) is 18.1 Å². The van der Waals surface area contributed by atoms with Crippen LogP contribution in [0.25, 0.3) is 0 Å². The van der Waals surface area contributed by atoms with E-state index in [1.54, 1.807) is 16.7 Å². The number of benzene rings is 2. The van der Waals surface area contributed by atoms with Crippen molar-refractivity contribution < 1.29 is 23.8 Å². The third kappa shape index (κ3) is 4.14. The minimum atomic E-state index is -0.661. The largest absolute Gasteiger partial charge is 0.493 e. The Hall–Kier alpha value is -2.38. The second kappa shape index (κ2) is 8.54. The first-order valence-corrected chi connectivity index (χ1v) is 9.52. The molecule has 1 aliphatic rings. The number of anilines is 1. The summed E-state index contributed by atoms with van der Waals surface area (Å²) in [7, 11) is 2.90. The number of thioether (sulfide) groups is 1. The molecule has 0 fully saturated rings. The van der Waals surface area contributed by atoms with E-state index in [1.165, 1.54) is 26.4 Å². The first-order valence-electron chi connectivity index (χ1n) is 8.16. The highest BCUT2D eigenvalue weighted by atomic mass is 35.5. The number of hydrogen-bond acceptors (Lipinski definition) is 6. The van der Waals surface area contributed by atoms with Crippen LogP contribution < -0.4 is 14.4 Å². The molecule has 0 aromatic heterocycles. The summed E-state index contributed by atoms with van der Waals surface area (Å²) >= 11 is 7.81. The summed E-state index contributed by atoms with van der Waals surface area (Å²) in [5.74, 6) is 0.496. The predicted octanol–water partition coefficient (Wildman–Crippen LogP) is 3.65. The van der Waals surface area contributed by atoms with Crippen LogP contribution in [-0.2, 0) is 9.53 Å². The quantitative estimate of drug-likeness (QED) is 0.705. The molecule has 0 saturated carbocycles. The molecule has 1 heterocycles. The lowest BCUT2D eigenvalue weighted by molar-refractivity contribution is -0.121. The maximum Gasteiger partial charge on any atom is 0.338 e. The van der Waals surface area contributed by atoms with Crippen molar-refractivity contribution in [3.63, 3.8) is 0 Å². The number of halogens is 1. The molecule has 6 nitrogen and oxygen atoms in total. The second-order valence-electron chi connectivity index (χ2n) is 5.63. The fourth-order valence-electron chi connectivity index (χ4n) is 2.75. The van der Waals surface area contributed by atoms with Gasteiger partial charge in [-0.3, -0.25) is 4.79 Å². The summed E-state index contributed by atoms with van der Waals surface area (Å²) in [5.41, 5.74) is 1.02. The third-order valence-electron chi connectivity index (χ3n) is 4.03. The molecule has 0 unspecified atom stereocenters. The standard InChI is InChI=1S/C19H18ClNO5S/c1-24-15-10-12(9-13(20)18(15)25-2)19(23)26-11-17(22)21-7-8-27-16-6-4-3-5-14(16)21/h3-6,9-10H,7-8,11H2,1-2H3. The van der Waals surface area contributed by atoms with Crippen LogP contribution >= 0.6 is 23.4 Å². The molecule has 1 amide bonds. The van der Waals surface area contributed by atoms with E-state index in [0.717, 1.165) is 16.3 Å². The Balaban J connectivity index is 1.70. The van der Waals surface area contributed by atoms with Crippen molar-refractivity contribution in [3.8, 4) is 11.5 Å². The van der Waals surface area contributed by atoms with Crippen molar-refractivity contribution in [2.75, 3.05) is 38.0 Å². The Labute approximate surface area is 166 Å². The summed E-state index contributed by atoms with van der Waals surface area (Å²) in [5, 5.41) is 0.220. The number of carbonyl (C=O) groups is 2. The molecule has 0 bridgehead atoms. The van der Waals surface area contributed by atoms with Gasteiger partial charge in [-0.1, -0.05) is 23.7 Å². The summed E-state index contributed by atoms with van der Waals surface area (Å²) in [4.78, 5) is 27.6. The average molecular weight is 408 g/mol. The van der Waals surface area contributed by atoms with Gasteiger partial charge in [-0.25, -0.2) is 4.79 Å². The molecule has 0 atom stereocenters. The van der Waals surface area contributed by atoms with Crippen LogP contribution in [-0.4, -0.2) is 45.0 Å². The van der Waals surface area contributed by atoms with E-state index < -0.39 is 5.97 Å². The van der Waals surface area contributed by atoms with E-state index >= 15 is 0 Å². The van der Waals surface area contributed by atoms with Gasteiger partial charge in [0.25, 0.3) is 5.91 Å². The molecule has 0 aliphatic carbocycles. The van der Waals surface area contributed by atoms with E-state index in [1.807, 2.05) is 24.3 Å². The number of ether oxygens (including phenoxy) is 3. The minimum Gasteiger partial charge on any atom is -0.493 e. The van der Waals surface area contributed by atoms with Gasteiger partial charge in [0, 0.05) is 17.2 Å². The Bertz CT molecular complexity index is 873. The molecular weight excluding hydrogens is 390 g/mol. The van der Waals surface area contributed by atoms with Gasteiger partial charge in [0.2, 0.25) is 0 Å². The normalized spacial score (nSPS) is 12.9. The van der Waals surface area contributed by atoms with E-state index in [2.05, 4.69) is 0 Å². The third-order valence-corrected chi connectivity index (χ3v) is 5.35. The van der Waals surface area contributed by atoms with Gasteiger partial charge >= 0.3 is 5.97 Å². The molecule has 8 heteroatoms. The zero-order valence-electron chi connectivity index (χ0n) is 14.9. The maximum absolute atomic E-state index is 12.6. The molecule has 27 heavy (non-hydrogen) atoms. The molecule has 2 aromatic carbocycles. The summed E-state index contributed by atoms with van der Waals surface area (Å²) in [6, 6.07) is 10.5. The SMILES string of the molecule is COc1cc(C(=O)OCC(=O)N2CCSc3ccccc32)cc(Cl)c1OC. The van der Waals surface area contributed by atoms with Gasteiger partial charge in [-0.2, -0.15) is 0 Å². The number of esters is 1. The lowest BCUT2D eigenvalue weighted by Gasteiger charge is -2.28. The Morgan fingerprint density at radius 3 is 2.70 bits per heavy atom. The number of rotatable bonds is 5. The van der Waals surface area contributed by atoms with Crippen molar-refractivity contribution in [2.24, 2.45) is 0 Å². The highest BCUT2D eigenvalue weighted by molar-refractivity contribution is 7.99. The predicted molar refractivity (Wildman–Crippen MR) is 104 cm³/mol. The van der Waals surface area contributed by atoms with Crippen LogP contribution in [0.5, 0.6) is 11.5 Å². The van der Waals surface area contributed by atoms with E-state index in [0.29, 0.717) is 18.0 Å². The van der Waals surface area contributed by atoms with E-state index in [-0.39, 0.29) is 23.1 Å². The summed E-state index contributed by atoms with van der Waals surface area (Å²) in [6.07, 6.45) is 0. The van der Waals surface area contributed by atoms with Crippen LogP contribution in [0.15, 0.2) is 41.3 Å². The monoisotopic (exact) mass is 407 g/mol. The van der Waals surface area contributed by atoms with Gasteiger partial charge < -0.3 is 19.1 Å². The Morgan fingerprint density at radius 1 is 1.19 bits per heavy atom. The van der Waals surface area contributed by atoms with Crippen LogP contribution in [0.4, 0.5) is 5.69 Å². The first kappa shape index (κ1) is 19.4. The highest BCUT2D eigenvalue weighted by Gasteiger charge is 2.24. The zero-order chi connectivity index (χ0) is 19.4. The van der Waals surface area contributed by atoms with Gasteiger partial charge in [0.1, 0.15) is 0 Å². The first-order chi connectivity index (χ1) is 13.0. The highest BCUT2D eigenvalue weighted by Crippen LogP contribution is 2.36. The molecule has 0 spiro atoms. The molecule has 0 saturated heterocycles. The fourth-order valence-corrected chi connectivity index (χ4v) is 4.04. The molecule has 0 radical (unpaired) electrons. The Morgan fingerprint density at radius 2 is 1.96 bits per heavy atom. The van der Waals surface area contributed by atoms with Crippen LogP contribution in [0.3, 0.4) is 0 Å². The smallest absolute Gasteiger partial charge is 0.338 e. The van der Waals surface area contributed by atoms with Gasteiger partial charge in [0.05, 0.1) is 30.5 Å². The number of carbonyl (C=O) groups excluding carboxylic acids is 2. The van der Waals surface area contributed by atoms with Gasteiger partial charge in [-0.15, -0.1) is 11.8 Å². The number of methoxy groups -OCH3 is 2. The molecule has 1 aliphatic heterocycles. The number of nitrogens with zero attached hydrogens (tertiary/aromatic N) is 1. The lowest BCUT2D eigenvalue weighted by atomic mass is 10.2. The average Bonchev–Trinajstić information content (AvgIpc) is 2.70. The maximum atomic E-state index is 12.6. The van der Waals surface area contributed by atoms with Crippen LogP contribution in [0.2, 0.25) is 5.02 Å². The fraction of sp³-hybridized carbons (Fsp3) is 0.263. The molecular formula is C19H18ClNO5S. The van der Waals surface area contributed by atoms with Gasteiger partial charge in [-0.05, 0) is 24.3 Å².